The lowest BCUT2D eigenvalue weighted by molar-refractivity contribution is 0.352. The van der Waals surface area contributed by atoms with Crippen LogP contribution in [-0.2, 0) is 0 Å². The van der Waals surface area contributed by atoms with E-state index in [0.717, 1.165) is 33.6 Å². The molecular weight excluding hydrogens is 396 g/mol. The Morgan fingerprint density at radius 1 is 1.23 bits per heavy atom. The highest BCUT2D eigenvalue weighted by Gasteiger charge is 2.28. The first-order valence-corrected chi connectivity index (χ1v) is 8.98. The predicted molar refractivity (Wildman–Crippen MR) is 104 cm³/mol. The van der Waals surface area contributed by atoms with Crippen LogP contribution in [0.3, 0.4) is 0 Å². The summed E-state index contributed by atoms with van der Waals surface area (Å²) < 4.78 is 17.3. The van der Waals surface area contributed by atoms with Crippen LogP contribution in [0.5, 0.6) is 17.2 Å². The Kier molecular flexibility index (Phi) is 5.38. The molecule has 0 saturated heterocycles. The third-order valence-corrected chi connectivity index (χ3v) is 4.84. The number of nitriles is 1. The molecule has 0 spiro atoms. The second kappa shape index (κ2) is 7.71. The fourth-order valence-corrected chi connectivity index (χ4v) is 3.73. The number of hydrogen-bond acceptors (Lipinski definition) is 5. The molecule has 0 fully saturated rings. The predicted octanol–water partition coefficient (Wildman–Crippen LogP) is 4.83. The normalized spacial score (nSPS) is 15.2. The Morgan fingerprint density at radius 3 is 2.69 bits per heavy atom. The molecule has 1 N–H and O–H groups in total. The molecule has 1 atom stereocenters. The van der Waals surface area contributed by atoms with Gasteiger partial charge in [0, 0.05) is 23.9 Å². The summed E-state index contributed by atoms with van der Waals surface area (Å²) in [7, 11) is 3.19. The molecule has 1 aliphatic heterocycles. The van der Waals surface area contributed by atoms with Gasteiger partial charge in [-0.1, -0.05) is 6.07 Å². The number of methoxy groups -OCH3 is 2. The smallest absolute Gasteiger partial charge is 0.174 e. The van der Waals surface area contributed by atoms with Crippen molar-refractivity contribution in [3.63, 3.8) is 0 Å². The maximum atomic E-state index is 9.61. The molecule has 2 aromatic carbocycles. The Balaban J connectivity index is 2.14. The van der Waals surface area contributed by atoms with Crippen molar-refractivity contribution in [2.24, 2.45) is 0 Å². The fraction of sp³-hybridized carbons (Fsp3) is 0.250. The SMILES string of the molecule is CCNc1ccc2c(c1)OC=C(C#N)C2c1cc(Br)c(OC)c(OC)c1. The van der Waals surface area contributed by atoms with Crippen molar-refractivity contribution >= 4 is 21.6 Å². The van der Waals surface area contributed by atoms with Crippen molar-refractivity contribution in [2.45, 2.75) is 12.8 Å². The summed E-state index contributed by atoms with van der Waals surface area (Å²) in [5.74, 6) is 1.72. The van der Waals surface area contributed by atoms with Crippen LogP contribution >= 0.6 is 15.9 Å². The number of benzene rings is 2. The van der Waals surface area contributed by atoms with Crippen molar-refractivity contribution in [1.29, 1.82) is 5.26 Å². The van der Waals surface area contributed by atoms with E-state index in [1.807, 2.05) is 37.3 Å². The maximum absolute atomic E-state index is 9.61. The van der Waals surface area contributed by atoms with Gasteiger partial charge in [-0.15, -0.1) is 0 Å². The van der Waals surface area contributed by atoms with Gasteiger partial charge in [-0.25, -0.2) is 0 Å². The number of allylic oxidation sites excluding steroid dienone is 1. The first kappa shape index (κ1) is 18.2. The van der Waals surface area contributed by atoms with E-state index in [0.29, 0.717) is 17.1 Å². The second-order valence-corrected chi connectivity index (χ2v) is 6.61. The number of nitrogens with zero attached hydrogens (tertiary/aromatic N) is 1. The van der Waals surface area contributed by atoms with E-state index < -0.39 is 0 Å². The molecule has 0 aliphatic carbocycles. The molecule has 1 heterocycles. The third kappa shape index (κ3) is 3.23. The quantitative estimate of drug-likeness (QED) is 0.758. The average Bonchev–Trinajstić information content (AvgIpc) is 2.66. The van der Waals surface area contributed by atoms with Crippen LogP contribution in [0.25, 0.3) is 0 Å². The zero-order valence-corrected chi connectivity index (χ0v) is 16.4. The Hall–Kier alpha value is -2.65. The zero-order valence-electron chi connectivity index (χ0n) is 14.8. The fourth-order valence-electron chi connectivity index (χ4n) is 3.11. The highest BCUT2D eigenvalue weighted by atomic mass is 79.9. The number of anilines is 1. The van der Waals surface area contributed by atoms with Crippen LogP contribution in [0.2, 0.25) is 0 Å². The number of halogens is 1. The monoisotopic (exact) mass is 414 g/mol. The van der Waals surface area contributed by atoms with Gasteiger partial charge in [0.05, 0.1) is 36.3 Å². The minimum Gasteiger partial charge on any atom is -0.493 e. The van der Waals surface area contributed by atoms with Gasteiger partial charge in [-0.2, -0.15) is 5.26 Å². The lowest BCUT2D eigenvalue weighted by Gasteiger charge is -2.25. The lowest BCUT2D eigenvalue weighted by Crippen LogP contribution is -2.12. The lowest BCUT2D eigenvalue weighted by atomic mass is 9.84. The molecule has 6 heteroatoms. The number of ether oxygens (including phenoxy) is 3. The minimum absolute atomic E-state index is 0.240. The summed E-state index contributed by atoms with van der Waals surface area (Å²) in [6, 6.07) is 12.0. The second-order valence-electron chi connectivity index (χ2n) is 5.76. The standard InChI is InChI=1S/C20H19BrN2O3/c1-4-23-14-5-6-15-17(9-14)26-11-13(10-22)19(15)12-7-16(21)20(25-3)18(8-12)24-2/h5-9,11,19,23H,4H2,1-3H3. The Morgan fingerprint density at radius 2 is 2.04 bits per heavy atom. The molecule has 0 amide bonds. The van der Waals surface area contributed by atoms with Crippen LogP contribution in [-0.4, -0.2) is 20.8 Å². The van der Waals surface area contributed by atoms with E-state index in [1.54, 1.807) is 14.2 Å². The molecule has 1 aliphatic rings. The van der Waals surface area contributed by atoms with E-state index in [4.69, 9.17) is 14.2 Å². The summed E-state index contributed by atoms with van der Waals surface area (Å²) in [6.07, 6.45) is 1.52. The molecular formula is C20H19BrN2O3. The molecule has 2 aromatic rings. The number of rotatable bonds is 5. The van der Waals surface area contributed by atoms with Crippen molar-refractivity contribution in [3.8, 4) is 23.3 Å². The van der Waals surface area contributed by atoms with Gasteiger partial charge >= 0.3 is 0 Å². The van der Waals surface area contributed by atoms with E-state index >= 15 is 0 Å². The van der Waals surface area contributed by atoms with Gasteiger partial charge in [-0.3, -0.25) is 0 Å². The highest BCUT2D eigenvalue weighted by molar-refractivity contribution is 9.10. The van der Waals surface area contributed by atoms with Crippen LogP contribution in [0.4, 0.5) is 5.69 Å². The molecule has 26 heavy (non-hydrogen) atoms. The largest absolute Gasteiger partial charge is 0.493 e. The molecule has 5 nitrogen and oxygen atoms in total. The molecule has 0 bridgehead atoms. The average molecular weight is 415 g/mol. The highest BCUT2D eigenvalue weighted by Crippen LogP contribution is 2.45. The van der Waals surface area contributed by atoms with Crippen molar-refractivity contribution in [1.82, 2.24) is 0 Å². The summed E-state index contributed by atoms with van der Waals surface area (Å²) >= 11 is 3.53. The van der Waals surface area contributed by atoms with Gasteiger partial charge in [0.1, 0.15) is 12.0 Å². The summed E-state index contributed by atoms with van der Waals surface area (Å²) in [4.78, 5) is 0. The first-order chi connectivity index (χ1) is 12.6. The van der Waals surface area contributed by atoms with Crippen molar-refractivity contribution in [2.75, 3.05) is 26.1 Å². The zero-order chi connectivity index (χ0) is 18.7. The number of hydrogen-bond donors (Lipinski definition) is 1. The summed E-state index contributed by atoms with van der Waals surface area (Å²) in [5, 5.41) is 12.9. The van der Waals surface area contributed by atoms with Crippen LogP contribution in [0, 0.1) is 11.3 Å². The molecule has 0 radical (unpaired) electrons. The first-order valence-electron chi connectivity index (χ1n) is 8.19. The van der Waals surface area contributed by atoms with E-state index in [9.17, 15) is 5.26 Å². The van der Waals surface area contributed by atoms with Crippen LogP contribution < -0.4 is 19.5 Å². The molecule has 134 valence electrons. The molecule has 3 rings (SSSR count). The topological polar surface area (TPSA) is 63.5 Å². The van der Waals surface area contributed by atoms with E-state index in [-0.39, 0.29) is 5.92 Å². The summed E-state index contributed by atoms with van der Waals surface area (Å²) in [5.41, 5.74) is 3.37. The third-order valence-electron chi connectivity index (χ3n) is 4.25. The number of nitrogens with one attached hydrogen (secondary N) is 1. The van der Waals surface area contributed by atoms with Gasteiger partial charge in [0.15, 0.2) is 11.5 Å². The van der Waals surface area contributed by atoms with E-state index in [2.05, 4.69) is 27.3 Å². The molecule has 1 unspecified atom stereocenters. The summed E-state index contributed by atoms with van der Waals surface area (Å²) in [6.45, 7) is 2.86. The minimum atomic E-state index is -0.240. The molecule has 0 aromatic heterocycles. The molecule has 0 saturated carbocycles. The van der Waals surface area contributed by atoms with Gasteiger partial charge in [-0.05, 0) is 46.6 Å². The Labute approximate surface area is 161 Å². The maximum Gasteiger partial charge on any atom is 0.174 e. The van der Waals surface area contributed by atoms with Crippen LogP contribution in [0.15, 0.2) is 46.6 Å². The Bertz CT molecular complexity index is 903. The van der Waals surface area contributed by atoms with E-state index in [1.165, 1.54) is 6.26 Å². The van der Waals surface area contributed by atoms with Gasteiger partial charge in [0.2, 0.25) is 0 Å². The van der Waals surface area contributed by atoms with Crippen molar-refractivity contribution < 1.29 is 14.2 Å². The van der Waals surface area contributed by atoms with Crippen molar-refractivity contribution in [3.05, 3.63) is 57.8 Å². The van der Waals surface area contributed by atoms with Crippen LogP contribution in [0.1, 0.15) is 24.0 Å². The van der Waals surface area contributed by atoms with Gasteiger partial charge in [0.25, 0.3) is 0 Å². The number of fused-ring (bicyclic) bond motifs is 1. The van der Waals surface area contributed by atoms with Gasteiger partial charge < -0.3 is 19.5 Å².